The molecule has 19 heavy (non-hydrogen) atoms. The summed E-state index contributed by atoms with van der Waals surface area (Å²) in [5, 5.41) is -0.514. The molecular weight excluding hydrogens is 260 g/mol. The van der Waals surface area contributed by atoms with Crippen LogP contribution in [-0.4, -0.2) is 15.0 Å². The quantitative estimate of drug-likeness (QED) is 0.845. The average Bonchev–Trinajstić information content (AvgIpc) is 2.47. The highest BCUT2D eigenvalue weighted by Gasteiger charge is 2.33. The van der Waals surface area contributed by atoms with E-state index in [1.807, 2.05) is 30.3 Å². The van der Waals surface area contributed by atoms with Crippen LogP contribution >= 0.6 is 0 Å². The second-order valence-corrected chi connectivity index (χ2v) is 6.65. The van der Waals surface area contributed by atoms with Crippen LogP contribution in [-0.2, 0) is 9.84 Å². The Kier molecular flexibility index (Phi) is 3.03. The van der Waals surface area contributed by atoms with E-state index in [2.05, 4.69) is 0 Å². The van der Waals surface area contributed by atoms with Gasteiger partial charge in [-0.2, -0.15) is 0 Å². The molecular formula is C15H14O3S. The monoisotopic (exact) mass is 274 g/mol. The molecule has 4 heteroatoms. The van der Waals surface area contributed by atoms with Crippen molar-refractivity contribution < 1.29 is 13.2 Å². The number of hydrogen-bond donors (Lipinski definition) is 0. The highest BCUT2D eigenvalue weighted by molar-refractivity contribution is 7.91. The Balaban J connectivity index is 2.09. The fourth-order valence-corrected chi connectivity index (χ4v) is 4.21. The van der Waals surface area contributed by atoms with Gasteiger partial charge in [-0.05, 0) is 18.2 Å². The van der Waals surface area contributed by atoms with Gasteiger partial charge in [0.05, 0.1) is 16.8 Å². The zero-order valence-electron chi connectivity index (χ0n) is 10.3. The maximum absolute atomic E-state index is 12.7. The van der Waals surface area contributed by atoms with E-state index < -0.39 is 15.1 Å². The third kappa shape index (κ3) is 2.12. The highest BCUT2D eigenvalue weighted by atomic mass is 32.2. The number of ether oxygens (including phenoxy) is 1. The Morgan fingerprint density at radius 2 is 1.63 bits per heavy atom. The van der Waals surface area contributed by atoms with Crippen LogP contribution in [0.15, 0.2) is 59.5 Å². The molecule has 0 fully saturated rings. The van der Waals surface area contributed by atoms with Crippen molar-refractivity contribution in [3.63, 3.8) is 0 Å². The summed E-state index contributed by atoms with van der Waals surface area (Å²) in [6.45, 7) is 0.438. The van der Waals surface area contributed by atoms with Gasteiger partial charge in [-0.25, -0.2) is 8.42 Å². The van der Waals surface area contributed by atoms with Crippen LogP contribution in [0, 0.1) is 0 Å². The van der Waals surface area contributed by atoms with Crippen LogP contribution in [0.4, 0.5) is 0 Å². The average molecular weight is 274 g/mol. The van der Waals surface area contributed by atoms with Gasteiger partial charge in [-0.3, -0.25) is 0 Å². The Bertz CT molecular complexity index is 678. The van der Waals surface area contributed by atoms with Gasteiger partial charge in [-0.15, -0.1) is 0 Å². The normalized spacial score (nSPS) is 18.4. The SMILES string of the molecule is O=S(=O)(c1ccccc1)C1CCOc2ccccc21. The number of rotatable bonds is 2. The molecule has 1 aliphatic heterocycles. The first-order chi connectivity index (χ1) is 9.19. The van der Waals surface area contributed by atoms with Crippen molar-refractivity contribution in [3.05, 3.63) is 60.2 Å². The van der Waals surface area contributed by atoms with Gasteiger partial charge in [-0.1, -0.05) is 36.4 Å². The molecule has 0 N–H and O–H groups in total. The molecule has 0 aliphatic carbocycles. The van der Waals surface area contributed by atoms with Gasteiger partial charge in [0, 0.05) is 12.0 Å². The Hall–Kier alpha value is -1.81. The number of hydrogen-bond acceptors (Lipinski definition) is 3. The third-order valence-corrected chi connectivity index (χ3v) is 5.52. The molecule has 0 bridgehead atoms. The predicted octanol–water partition coefficient (Wildman–Crippen LogP) is 2.98. The summed E-state index contributed by atoms with van der Waals surface area (Å²) in [7, 11) is -3.36. The summed E-state index contributed by atoms with van der Waals surface area (Å²) >= 11 is 0. The number of fused-ring (bicyclic) bond motifs is 1. The molecule has 3 rings (SSSR count). The van der Waals surface area contributed by atoms with E-state index in [9.17, 15) is 8.42 Å². The lowest BCUT2D eigenvalue weighted by Crippen LogP contribution is -2.21. The van der Waals surface area contributed by atoms with Crippen molar-refractivity contribution in [2.24, 2.45) is 0 Å². The van der Waals surface area contributed by atoms with Gasteiger partial charge in [0.1, 0.15) is 5.75 Å². The van der Waals surface area contributed by atoms with Crippen LogP contribution in [0.1, 0.15) is 17.2 Å². The van der Waals surface area contributed by atoms with Crippen LogP contribution in [0.3, 0.4) is 0 Å². The smallest absolute Gasteiger partial charge is 0.185 e. The lowest BCUT2D eigenvalue weighted by atomic mass is 10.1. The molecule has 1 aliphatic rings. The molecule has 0 radical (unpaired) electrons. The van der Waals surface area contributed by atoms with Crippen molar-refractivity contribution in [1.82, 2.24) is 0 Å². The fourth-order valence-electron chi connectivity index (χ4n) is 2.41. The second kappa shape index (κ2) is 4.70. The summed E-state index contributed by atoms with van der Waals surface area (Å²) in [6.07, 6.45) is 0.494. The first kappa shape index (κ1) is 12.2. The summed E-state index contributed by atoms with van der Waals surface area (Å²) in [4.78, 5) is 0.372. The van der Waals surface area contributed by atoms with Crippen molar-refractivity contribution in [2.45, 2.75) is 16.6 Å². The van der Waals surface area contributed by atoms with Gasteiger partial charge < -0.3 is 4.74 Å². The first-order valence-electron chi connectivity index (χ1n) is 6.20. The van der Waals surface area contributed by atoms with E-state index in [0.717, 1.165) is 5.56 Å². The highest BCUT2D eigenvalue weighted by Crippen LogP contribution is 2.39. The minimum Gasteiger partial charge on any atom is -0.493 e. The van der Waals surface area contributed by atoms with E-state index in [1.54, 1.807) is 24.3 Å². The number of para-hydroxylation sites is 1. The van der Waals surface area contributed by atoms with Crippen molar-refractivity contribution in [2.75, 3.05) is 6.61 Å². The van der Waals surface area contributed by atoms with E-state index in [4.69, 9.17) is 4.74 Å². The van der Waals surface area contributed by atoms with Crippen molar-refractivity contribution in [1.29, 1.82) is 0 Å². The van der Waals surface area contributed by atoms with Gasteiger partial charge >= 0.3 is 0 Å². The van der Waals surface area contributed by atoms with Crippen LogP contribution in [0.2, 0.25) is 0 Å². The molecule has 0 amide bonds. The maximum atomic E-state index is 12.7. The zero-order chi connectivity index (χ0) is 13.3. The molecule has 2 aromatic rings. The van der Waals surface area contributed by atoms with E-state index >= 15 is 0 Å². The second-order valence-electron chi connectivity index (χ2n) is 4.52. The minimum atomic E-state index is -3.36. The Morgan fingerprint density at radius 3 is 2.42 bits per heavy atom. The van der Waals surface area contributed by atoms with Crippen molar-refractivity contribution in [3.8, 4) is 5.75 Å². The van der Waals surface area contributed by atoms with Crippen LogP contribution in [0.5, 0.6) is 5.75 Å². The molecule has 3 nitrogen and oxygen atoms in total. The lowest BCUT2D eigenvalue weighted by molar-refractivity contribution is 0.283. The molecule has 1 heterocycles. The molecule has 0 spiro atoms. The molecule has 0 saturated heterocycles. The summed E-state index contributed by atoms with van der Waals surface area (Å²) in [5.41, 5.74) is 0.762. The lowest BCUT2D eigenvalue weighted by Gasteiger charge is -2.25. The fraction of sp³-hybridized carbons (Fsp3) is 0.200. The van der Waals surface area contributed by atoms with E-state index in [0.29, 0.717) is 23.7 Å². The topological polar surface area (TPSA) is 43.4 Å². The minimum absolute atomic E-state index is 0.372. The molecule has 0 saturated carbocycles. The largest absolute Gasteiger partial charge is 0.493 e. The summed E-state index contributed by atoms with van der Waals surface area (Å²) in [6, 6.07) is 16.0. The van der Waals surface area contributed by atoms with Crippen molar-refractivity contribution >= 4 is 9.84 Å². The number of sulfone groups is 1. The summed E-state index contributed by atoms with van der Waals surface area (Å²) < 4.78 is 30.9. The standard InChI is InChI=1S/C15H14O3S/c16-19(17,12-6-2-1-3-7-12)15-10-11-18-14-9-5-4-8-13(14)15/h1-9,15H,10-11H2. The third-order valence-electron chi connectivity index (χ3n) is 3.35. The number of benzene rings is 2. The van der Waals surface area contributed by atoms with Gasteiger partial charge in [0.2, 0.25) is 0 Å². The summed E-state index contributed by atoms with van der Waals surface area (Å²) in [5.74, 6) is 0.679. The predicted molar refractivity (Wildman–Crippen MR) is 72.9 cm³/mol. The van der Waals surface area contributed by atoms with E-state index in [1.165, 1.54) is 0 Å². The van der Waals surface area contributed by atoms with E-state index in [-0.39, 0.29) is 0 Å². The zero-order valence-corrected chi connectivity index (χ0v) is 11.1. The Labute approximate surface area is 112 Å². The molecule has 98 valence electrons. The van der Waals surface area contributed by atoms with Gasteiger partial charge in [0.15, 0.2) is 9.84 Å². The van der Waals surface area contributed by atoms with Crippen LogP contribution in [0.25, 0.3) is 0 Å². The Morgan fingerprint density at radius 1 is 0.947 bits per heavy atom. The molecule has 0 aromatic heterocycles. The maximum Gasteiger partial charge on any atom is 0.185 e. The van der Waals surface area contributed by atoms with Gasteiger partial charge in [0.25, 0.3) is 0 Å². The molecule has 2 aromatic carbocycles. The molecule has 1 unspecified atom stereocenters. The first-order valence-corrected chi connectivity index (χ1v) is 7.75. The van der Waals surface area contributed by atoms with Crippen LogP contribution < -0.4 is 4.74 Å². The molecule has 1 atom stereocenters.